The van der Waals surface area contributed by atoms with Gasteiger partial charge in [0.15, 0.2) is 5.12 Å². The molecule has 2 aromatic carbocycles. The summed E-state index contributed by atoms with van der Waals surface area (Å²) in [5, 5.41) is 2.02. The van der Waals surface area contributed by atoms with Gasteiger partial charge >= 0.3 is 5.97 Å². The maximum atomic E-state index is 13.6. The zero-order chi connectivity index (χ0) is 25.6. The number of aryl methyl sites for hydroxylation is 1. The van der Waals surface area contributed by atoms with Crippen molar-refractivity contribution in [3.8, 4) is 0 Å². The molecule has 35 heavy (non-hydrogen) atoms. The molecule has 2 amide bonds. The van der Waals surface area contributed by atoms with E-state index in [9.17, 15) is 19.2 Å². The Morgan fingerprint density at radius 1 is 1.09 bits per heavy atom. The molecule has 0 spiro atoms. The van der Waals surface area contributed by atoms with Crippen LogP contribution in [-0.4, -0.2) is 46.3 Å². The molecule has 7 nitrogen and oxygen atoms in total. The van der Waals surface area contributed by atoms with Crippen LogP contribution in [0.1, 0.15) is 45.2 Å². The van der Waals surface area contributed by atoms with Crippen LogP contribution in [0.15, 0.2) is 54.6 Å². The molecule has 1 heterocycles. The maximum absolute atomic E-state index is 13.6. The third-order valence-electron chi connectivity index (χ3n) is 5.44. The molecule has 0 radical (unpaired) electrons. The number of carbonyl (C=O) groups is 4. The van der Waals surface area contributed by atoms with Crippen molar-refractivity contribution in [1.82, 2.24) is 5.32 Å². The number of hydrogen-bond acceptors (Lipinski definition) is 6. The summed E-state index contributed by atoms with van der Waals surface area (Å²) in [6.45, 7) is 6.48. The fraction of sp³-hybridized carbons (Fsp3) is 0.407. The van der Waals surface area contributed by atoms with Crippen LogP contribution < -0.4 is 10.2 Å². The summed E-state index contributed by atoms with van der Waals surface area (Å²) in [6.07, 6.45) is 1.30. The van der Waals surface area contributed by atoms with Crippen LogP contribution in [0.5, 0.6) is 0 Å². The number of thioether (sulfide) groups is 1. The van der Waals surface area contributed by atoms with Gasteiger partial charge in [0.25, 0.3) is 0 Å². The van der Waals surface area contributed by atoms with E-state index in [2.05, 4.69) is 5.32 Å². The van der Waals surface area contributed by atoms with Crippen molar-refractivity contribution in [3.63, 3.8) is 0 Å². The van der Waals surface area contributed by atoms with E-state index in [1.165, 1.54) is 11.8 Å². The van der Waals surface area contributed by atoms with Gasteiger partial charge in [0.1, 0.15) is 18.2 Å². The Bertz CT molecular complexity index is 1080. The van der Waals surface area contributed by atoms with E-state index in [0.717, 1.165) is 22.9 Å². The van der Waals surface area contributed by atoms with Crippen LogP contribution >= 0.6 is 11.8 Å². The summed E-state index contributed by atoms with van der Waals surface area (Å²) in [4.78, 5) is 52.7. The third kappa shape index (κ3) is 7.68. The van der Waals surface area contributed by atoms with Gasteiger partial charge in [-0.1, -0.05) is 60.3 Å². The quantitative estimate of drug-likeness (QED) is 0.588. The second-order valence-corrected chi connectivity index (χ2v) is 10.9. The zero-order valence-corrected chi connectivity index (χ0v) is 21.4. The minimum atomic E-state index is -0.830. The lowest BCUT2D eigenvalue weighted by Crippen LogP contribution is -2.52. The summed E-state index contributed by atoms with van der Waals surface area (Å²) < 4.78 is 5.45. The minimum Gasteiger partial charge on any atom is -0.459 e. The Balaban J connectivity index is 1.81. The van der Waals surface area contributed by atoms with Crippen LogP contribution in [0.3, 0.4) is 0 Å². The molecule has 1 aliphatic rings. The fourth-order valence-corrected chi connectivity index (χ4v) is 4.85. The lowest BCUT2D eigenvalue weighted by atomic mass is 10.1. The molecule has 0 bridgehead atoms. The molecule has 8 heteroatoms. The molecule has 0 saturated heterocycles. The third-order valence-corrected chi connectivity index (χ3v) is 6.43. The number of carbonyl (C=O) groups excluding carboxylic acids is 4. The summed E-state index contributed by atoms with van der Waals surface area (Å²) in [6, 6.07) is 16.0. The van der Waals surface area contributed by atoms with Gasteiger partial charge in [-0.2, -0.15) is 0 Å². The topological polar surface area (TPSA) is 92.8 Å². The van der Waals surface area contributed by atoms with E-state index in [-0.39, 0.29) is 23.5 Å². The Kier molecular flexibility index (Phi) is 8.72. The lowest BCUT2D eigenvalue weighted by molar-refractivity contribution is -0.153. The van der Waals surface area contributed by atoms with Crippen molar-refractivity contribution in [2.24, 2.45) is 0 Å². The number of esters is 1. The maximum Gasteiger partial charge on any atom is 0.326 e. The van der Waals surface area contributed by atoms with Gasteiger partial charge in [-0.3, -0.25) is 24.1 Å². The van der Waals surface area contributed by atoms with Crippen molar-refractivity contribution >= 4 is 40.3 Å². The number of anilines is 1. The first kappa shape index (κ1) is 26.5. The highest BCUT2D eigenvalue weighted by Gasteiger charge is 2.35. The summed E-state index contributed by atoms with van der Waals surface area (Å²) in [7, 11) is 0. The minimum absolute atomic E-state index is 0.174. The smallest absolute Gasteiger partial charge is 0.326 e. The Morgan fingerprint density at radius 3 is 2.40 bits per heavy atom. The monoisotopic (exact) mass is 496 g/mol. The van der Waals surface area contributed by atoms with Crippen molar-refractivity contribution in [3.05, 3.63) is 65.7 Å². The van der Waals surface area contributed by atoms with Gasteiger partial charge in [0, 0.05) is 12.6 Å². The Morgan fingerprint density at radius 2 is 1.74 bits per heavy atom. The van der Waals surface area contributed by atoms with Crippen LogP contribution in [0.4, 0.5) is 5.69 Å². The Labute approximate surface area is 210 Å². The van der Waals surface area contributed by atoms with Crippen molar-refractivity contribution in [1.29, 1.82) is 0 Å². The first-order chi connectivity index (χ1) is 16.5. The zero-order valence-electron chi connectivity index (χ0n) is 20.6. The fourth-order valence-electron chi connectivity index (χ4n) is 4.00. The number of fused-ring (bicyclic) bond motifs is 1. The average Bonchev–Trinajstić information content (AvgIpc) is 2.90. The van der Waals surface area contributed by atoms with Crippen LogP contribution in [0.25, 0.3) is 0 Å². The van der Waals surface area contributed by atoms with E-state index in [0.29, 0.717) is 24.9 Å². The number of ether oxygens (including phenoxy) is 1. The number of rotatable bonds is 7. The van der Waals surface area contributed by atoms with Gasteiger partial charge in [-0.05, 0) is 57.2 Å². The number of benzene rings is 2. The summed E-state index contributed by atoms with van der Waals surface area (Å²) in [5.74, 6) is -1.28. The van der Waals surface area contributed by atoms with E-state index in [1.807, 2.05) is 48.5 Å². The number of nitrogens with zero attached hydrogens (tertiary/aromatic N) is 1. The summed E-state index contributed by atoms with van der Waals surface area (Å²) in [5.41, 5.74) is 1.79. The predicted octanol–water partition coefficient (Wildman–Crippen LogP) is 3.68. The van der Waals surface area contributed by atoms with Crippen LogP contribution in [-0.2, 0) is 36.8 Å². The standard InChI is InChI=1S/C27H32N2O5S/c1-18(30)35-23(16-19-10-6-5-7-11-19)25(32)28-21-15-14-20-12-8-9-13-22(20)29(26(21)33)17-24(31)34-27(2,3)4/h5-13,21,23H,14-17H2,1-4H3,(H,28,32)/t21-,23-/m1/s1. The molecule has 1 aliphatic heterocycles. The molecule has 2 aromatic rings. The molecule has 0 fully saturated rings. The normalized spacial score (nSPS) is 16.6. The first-order valence-corrected chi connectivity index (χ1v) is 12.5. The molecule has 0 saturated carbocycles. The Hall–Kier alpha value is -3.13. The van der Waals surface area contributed by atoms with Gasteiger partial charge < -0.3 is 10.1 Å². The van der Waals surface area contributed by atoms with Gasteiger partial charge in [-0.15, -0.1) is 0 Å². The highest BCUT2D eigenvalue weighted by molar-refractivity contribution is 8.14. The van der Waals surface area contributed by atoms with Crippen LogP contribution in [0.2, 0.25) is 0 Å². The van der Waals surface area contributed by atoms with Crippen LogP contribution in [0, 0.1) is 0 Å². The SMILES string of the molecule is CC(=O)S[C@H](Cc1ccccc1)C(=O)N[C@@H]1CCc2ccccc2N(CC(=O)OC(C)(C)C)C1=O. The summed E-state index contributed by atoms with van der Waals surface area (Å²) >= 11 is 0.953. The lowest BCUT2D eigenvalue weighted by Gasteiger charge is -2.28. The number of nitrogens with one attached hydrogen (secondary N) is 1. The van der Waals surface area contributed by atoms with E-state index in [1.54, 1.807) is 26.8 Å². The van der Waals surface area contributed by atoms with E-state index < -0.39 is 22.9 Å². The van der Waals surface area contributed by atoms with Crippen molar-refractivity contribution in [2.75, 3.05) is 11.4 Å². The molecular weight excluding hydrogens is 464 g/mol. The van der Waals surface area contributed by atoms with Gasteiger partial charge in [-0.25, -0.2) is 0 Å². The molecule has 186 valence electrons. The average molecular weight is 497 g/mol. The molecule has 2 atom stereocenters. The molecule has 3 rings (SSSR count). The molecule has 0 aromatic heterocycles. The molecular formula is C27H32N2O5S. The van der Waals surface area contributed by atoms with E-state index in [4.69, 9.17) is 4.74 Å². The molecule has 0 unspecified atom stereocenters. The number of para-hydroxylation sites is 1. The van der Waals surface area contributed by atoms with E-state index >= 15 is 0 Å². The second kappa shape index (κ2) is 11.5. The van der Waals surface area contributed by atoms with Crippen molar-refractivity contribution in [2.45, 2.75) is 63.9 Å². The molecule has 0 aliphatic carbocycles. The largest absolute Gasteiger partial charge is 0.459 e. The molecule has 1 N–H and O–H groups in total. The van der Waals surface area contributed by atoms with Gasteiger partial charge in [0.05, 0.1) is 5.25 Å². The second-order valence-electron chi connectivity index (χ2n) is 9.53. The first-order valence-electron chi connectivity index (χ1n) is 11.7. The van der Waals surface area contributed by atoms with Crippen molar-refractivity contribution < 1.29 is 23.9 Å². The van der Waals surface area contributed by atoms with Gasteiger partial charge in [0.2, 0.25) is 11.8 Å². The highest BCUT2D eigenvalue weighted by atomic mass is 32.2. The highest BCUT2D eigenvalue weighted by Crippen LogP contribution is 2.28. The predicted molar refractivity (Wildman–Crippen MR) is 137 cm³/mol. The number of amides is 2. The number of hydrogen-bond donors (Lipinski definition) is 1.